The SMILES string of the molecule is CCCCc1ncc(CNC(=O)[C@H](CS)CC(C)C)[nH]1. The number of nitrogens with one attached hydrogen (secondary N) is 2. The van der Waals surface area contributed by atoms with Crippen molar-refractivity contribution >= 4 is 18.5 Å². The van der Waals surface area contributed by atoms with Gasteiger partial charge in [0.1, 0.15) is 5.82 Å². The maximum Gasteiger partial charge on any atom is 0.224 e. The number of hydrogen-bond acceptors (Lipinski definition) is 3. The minimum absolute atomic E-state index is 0.0131. The molecule has 1 aromatic heterocycles. The van der Waals surface area contributed by atoms with Crippen molar-refractivity contribution in [2.45, 2.75) is 53.0 Å². The molecule has 0 saturated heterocycles. The summed E-state index contributed by atoms with van der Waals surface area (Å²) in [6.45, 7) is 6.92. The Morgan fingerprint density at radius 1 is 1.50 bits per heavy atom. The highest BCUT2D eigenvalue weighted by Crippen LogP contribution is 2.13. The quantitative estimate of drug-likeness (QED) is 0.614. The Morgan fingerprint density at radius 2 is 2.25 bits per heavy atom. The molecule has 0 bridgehead atoms. The number of carbonyl (C=O) groups is 1. The number of aryl methyl sites for hydroxylation is 1. The summed E-state index contributed by atoms with van der Waals surface area (Å²) in [5.74, 6) is 2.17. The third-order valence-electron chi connectivity index (χ3n) is 3.25. The van der Waals surface area contributed by atoms with Gasteiger partial charge in [0.2, 0.25) is 5.91 Å². The largest absolute Gasteiger partial charge is 0.350 e. The summed E-state index contributed by atoms with van der Waals surface area (Å²) in [4.78, 5) is 19.6. The van der Waals surface area contributed by atoms with E-state index in [0.717, 1.165) is 37.2 Å². The summed E-state index contributed by atoms with van der Waals surface area (Å²) in [6, 6.07) is 0. The molecule has 4 nitrogen and oxygen atoms in total. The summed E-state index contributed by atoms with van der Waals surface area (Å²) < 4.78 is 0. The van der Waals surface area contributed by atoms with E-state index in [4.69, 9.17) is 0 Å². The number of unbranched alkanes of at least 4 members (excludes halogenated alkanes) is 1. The molecule has 114 valence electrons. The molecule has 5 heteroatoms. The Bertz CT molecular complexity index is 404. The zero-order valence-electron chi connectivity index (χ0n) is 12.8. The Labute approximate surface area is 127 Å². The third kappa shape index (κ3) is 5.99. The summed E-state index contributed by atoms with van der Waals surface area (Å²) >= 11 is 4.27. The average Bonchev–Trinajstić information content (AvgIpc) is 2.87. The van der Waals surface area contributed by atoms with Crippen LogP contribution in [0, 0.1) is 11.8 Å². The molecule has 0 unspecified atom stereocenters. The van der Waals surface area contributed by atoms with E-state index in [1.165, 1.54) is 0 Å². The fourth-order valence-corrected chi connectivity index (χ4v) is 2.44. The van der Waals surface area contributed by atoms with Gasteiger partial charge in [0.15, 0.2) is 0 Å². The van der Waals surface area contributed by atoms with Crippen molar-refractivity contribution < 1.29 is 4.79 Å². The average molecular weight is 297 g/mol. The number of H-pyrrole nitrogens is 1. The van der Waals surface area contributed by atoms with Crippen LogP contribution in [0.5, 0.6) is 0 Å². The molecule has 1 heterocycles. The van der Waals surface area contributed by atoms with Crippen LogP contribution in [0.1, 0.15) is 51.6 Å². The first-order valence-electron chi connectivity index (χ1n) is 7.48. The molecule has 2 N–H and O–H groups in total. The van der Waals surface area contributed by atoms with Crippen molar-refractivity contribution in [1.29, 1.82) is 0 Å². The van der Waals surface area contributed by atoms with Crippen LogP contribution in [-0.4, -0.2) is 21.6 Å². The smallest absolute Gasteiger partial charge is 0.224 e. The van der Waals surface area contributed by atoms with Crippen LogP contribution in [0.15, 0.2) is 6.20 Å². The maximum absolute atomic E-state index is 12.1. The van der Waals surface area contributed by atoms with Gasteiger partial charge in [-0.3, -0.25) is 4.79 Å². The number of rotatable bonds is 9. The Morgan fingerprint density at radius 3 is 2.85 bits per heavy atom. The molecule has 1 rings (SSSR count). The van der Waals surface area contributed by atoms with Crippen LogP contribution in [0.4, 0.5) is 0 Å². The minimum Gasteiger partial charge on any atom is -0.350 e. The predicted molar refractivity (Wildman–Crippen MR) is 85.8 cm³/mol. The van der Waals surface area contributed by atoms with E-state index in [2.05, 4.69) is 48.7 Å². The van der Waals surface area contributed by atoms with Crippen molar-refractivity contribution in [2.75, 3.05) is 5.75 Å². The van der Waals surface area contributed by atoms with E-state index in [9.17, 15) is 4.79 Å². The molecule has 0 saturated carbocycles. The third-order valence-corrected chi connectivity index (χ3v) is 3.69. The fourth-order valence-electron chi connectivity index (χ4n) is 2.13. The summed E-state index contributed by atoms with van der Waals surface area (Å²) in [7, 11) is 0. The van der Waals surface area contributed by atoms with Gasteiger partial charge in [-0.05, 0) is 18.8 Å². The molecule has 0 radical (unpaired) electrons. The highest BCUT2D eigenvalue weighted by Gasteiger charge is 2.18. The van der Waals surface area contributed by atoms with Crippen LogP contribution in [0.3, 0.4) is 0 Å². The normalized spacial score (nSPS) is 12.7. The van der Waals surface area contributed by atoms with E-state index >= 15 is 0 Å². The molecule has 20 heavy (non-hydrogen) atoms. The van der Waals surface area contributed by atoms with Crippen molar-refractivity contribution in [3.63, 3.8) is 0 Å². The molecule has 0 aliphatic rings. The maximum atomic E-state index is 12.1. The number of thiol groups is 1. The molecule has 0 spiro atoms. The number of aromatic amines is 1. The van der Waals surface area contributed by atoms with Crippen molar-refractivity contribution in [1.82, 2.24) is 15.3 Å². The number of imidazole rings is 1. The minimum atomic E-state index is -0.0131. The second-order valence-corrected chi connectivity index (χ2v) is 6.05. The number of hydrogen-bond donors (Lipinski definition) is 3. The van der Waals surface area contributed by atoms with Crippen LogP contribution in [-0.2, 0) is 17.8 Å². The first-order chi connectivity index (χ1) is 9.56. The lowest BCUT2D eigenvalue weighted by Crippen LogP contribution is -2.32. The van der Waals surface area contributed by atoms with Gasteiger partial charge in [0, 0.05) is 18.1 Å². The topological polar surface area (TPSA) is 57.8 Å². The highest BCUT2D eigenvalue weighted by molar-refractivity contribution is 7.80. The first-order valence-corrected chi connectivity index (χ1v) is 8.11. The van der Waals surface area contributed by atoms with E-state index in [1.807, 2.05) is 6.20 Å². The van der Waals surface area contributed by atoms with Crippen LogP contribution < -0.4 is 5.32 Å². The Balaban J connectivity index is 2.41. The van der Waals surface area contributed by atoms with Gasteiger partial charge in [-0.15, -0.1) is 0 Å². The molecule has 1 atom stereocenters. The molecule has 1 amide bonds. The predicted octanol–water partition coefficient (Wildman–Crippen LogP) is 2.96. The molecule has 0 aromatic carbocycles. The molecule has 0 aliphatic heterocycles. The Kier molecular flexibility index (Phi) is 7.73. The molecular weight excluding hydrogens is 270 g/mol. The van der Waals surface area contributed by atoms with E-state index < -0.39 is 0 Å². The lowest BCUT2D eigenvalue weighted by molar-refractivity contribution is -0.124. The molecular formula is C15H27N3OS. The van der Waals surface area contributed by atoms with Crippen LogP contribution >= 0.6 is 12.6 Å². The summed E-state index contributed by atoms with van der Waals surface area (Å²) in [5, 5.41) is 2.97. The monoisotopic (exact) mass is 297 g/mol. The summed E-state index contributed by atoms with van der Waals surface area (Å²) in [6.07, 6.45) is 5.95. The van der Waals surface area contributed by atoms with Gasteiger partial charge < -0.3 is 10.3 Å². The van der Waals surface area contributed by atoms with Gasteiger partial charge in [-0.1, -0.05) is 27.2 Å². The second kappa shape index (κ2) is 9.06. The van der Waals surface area contributed by atoms with E-state index in [-0.39, 0.29) is 11.8 Å². The molecule has 1 aromatic rings. The van der Waals surface area contributed by atoms with Gasteiger partial charge in [-0.2, -0.15) is 12.6 Å². The van der Waals surface area contributed by atoms with Crippen LogP contribution in [0.25, 0.3) is 0 Å². The lowest BCUT2D eigenvalue weighted by Gasteiger charge is -2.16. The van der Waals surface area contributed by atoms with E-state index in [1.54, 1.807) is 0 Å². The number of carbonyl (C=O) groups excluding carboxylic acids is 1. The number of nitrogens with zero attached hydrogens (tertiary/aromatic N) is 1. The zero-order valence-corrected chi connectivity index (χ0v) is 13.7. The fraction of sp³-hybridized carbons (Fsp3) is 0.733. The number of aromatic nitrogens is 2. The lowest BCUT2D eigenvalue weighted by atomic mass is 9.98. The molecule has 0 fully saturated rings. The van der Waals surface area contributed by atoms with Gasteiger partial charge in [-0.25, -0.2) is 4.98 Å². The van der Waals surface area contributed by atoms with Gasteiger partial charge in [0.05, 0.1) is 18.4 Å². The summed E-state index contributed by atoms with van der Waals surface area (Å²) in [5.41, 5.74) is 0.965. The second-order valence-electron chi connectivity index (χ2n) is 5.69. The van der Waals surface area contributed by atoms with Gasteiger partial charge >= 0.3 is 0 Å². The number of amides is 1. The van der Waals surface area contributed by atoms with Crippen molar-refractivity contribution in [2.24, 2.45) is 11.8 Å². The molecule has 0 aliphatic carbocycles. The first kappa shape index (κ1) is 17.1. The van der Waals surface area contributed by atoms with E-state index in [0.29, 0.717) is 18.2 Å². The highest BCUT2D eigenvalue weighted by atomic mass is 32.1. The zero-order chi connectivity index (χ0) is 15.0. The Hall–Kier alpha value is -0.970. The van der Waals surface area contributed by atoms with Crippen molar-refractivity contribution in [3.8, 4) is 0 Å². The standard InChI is InChI=1S/C15H27N3OS/c1-4-5-6-14-16-8-13(18-14)9-17-15(19)12(10-20)7-11(2)3/h8,11-12,20H,4-7,9-10H2,1-3H3,(H,16,18)(H,17,19)/t12-/m0/s1. The van der Waals surface area contributed by atoms with Gasteiger partial charge in [0.25, 0.3) is 0 Å². The van der Waals surface area contributed by atoms with Crippen molar-refractivity contribution in [3.05, 3.63) is 17.7 Å². The van der Waals surface area contributed by atoms with Crippen LogP contribution in [0.2, 0.25) is 0 Å².